The average molecular weight is 329 g/mol. The molecule has 0 bridgehead atoms. The Morgan fingerprint density at radius 3 is 2.09 bits per heavy atom. The van der Waals surface area contributed by atoms with Crippen molar-refractivity contribution < 1.29 is 24.2 Å². The van der Waals surface area contributed by atoms with Crippen LogP contribution in [-0.4, -0.2) is 66.5 Å². The molecule has 1 saturated heterocycles. The predicted molar refractivity (Wildman–Crippen MR) is 88.1 cm³/mol. The third kappa shape index (κ3) is 14.7. The molecule has 23 heavy (non-hydrogen) atoms. The van der Waals surface area contributed by atoms with Crippen molar-refractivity contribution in [2.75, 3.05) is 33.9 Å². The number of methoxy groups -OCH3 is 1. The number of carbonyl (C=O) groups excluding carboxylic acids is 3. The summed E-state index contributed by atoms with van der Waals surface area (Å²) < 4.78 is 4.11. The first-order valence-corrected chi connectivity index (χ1v) is 7.32. The highest BCUT2D eigenvalue weighted by Crippen LogP contribution is 2.04. The summed E-state index contributed by atoms with van der Waals surface area (Å²) in [5, 5.41) is 8.55. The summed E-state index contributed by atoms with van der Waals surface area (Å²) in [6, 6.07) is 0. The van der Waals surface area contributed by atoms with E-state index in [1.807, 2.05) is 7.05 Å². The molecule has 134 valence electrons. The van der Waals surface area contributed by atoms with Gasteiger partial charge in [-0.05, 0) is 6.42 Å². The van der Waals surface area contributed by atoms with Gasteiger partial charge in [-0.2, -0.15) is 0 Å². The number of aliphatic hydroxyl groups is 1. The van der Waals surface area contributed by atoms with Crippen LogP contribution in [0.4, 0.5) is 0 Å². The van der Waals surface area contributed by atoms with Gasteiger partial charge in [0.15, 0.2) is 0 Å². The molecule has 0 aliphatic carbocycles. The number of ether oxygens (including phenoxy) is 1. The molecule has 7 heteroatoms. The van der Waals surface area contributed by atoms with Gasteiger partial charge >= 0.3 is 5.97 Å². The maximum absolute atomic E-state index is 10.8. The van der Waals surface area contributed by atoms with Gasteiger partial charge in [-0.15, -0.1) is 6.54 Å². The summed E-state index contributed by atoms with van der Waals surface area (Å²) in [7, 11) is 3.19. The molecule has 0 radical (unpaired) electrons. The zero-order valence-electron chi connectivity index (χ0n) is 14.8. The minimum Gasteiger partial charge on any atom is -0.469 e. The number of esters is 1. The molecule has 0 unspecified atom stereocenters. The molecule has 7 nitrogen and oxygen atoms in total. The number of amides is 2. The van der Waals surface area contributed by atoms with Crippen LogP contribution in [0, 0.1) is 6.54 Å². The Labute approximate surface area is 138 Å². The van der Waals surface area contributed by atoms with E-state index < -0.39 is 0 Å². The Hall–Kier alpha value is -2.02. The summed E-state index contributed by atoms with van der Waals surface area (Å²) in [6.07, 6.45) is 1.81. The monoisotopic (exact) mass is 329 g/mol. The zero-order valence-corrected chi connectivity index (χ0v) is 14.8. The lowest BCUT2D eigenvalue weighted by atomic mass is 10.3. The van der Waals surface area contributed by atoms with Gasteiger partial charge in [0, 0.05) is 40.4 Å². The first kappa shape index (κ1) is 23.2. The number of hydrogen-bond acceptors (Lipinski definition) is 5. The molecule has 1 N–H and O–H groups in total. The van der Waals surface area contributed by atoms with E-state index in [4.69, 9.17) is 5.11 Å². The van der Waals surface area contributed by atoms with Gasteiger partial charge in [0.25, 0.3) is 0 Å². The summed E-state index contributed by atoms with van der Waals surface area (Å²) in [5.41, 5.74) is 0.800. The molecule has 0 aromatic rings. The third-order valence-electron chi connectivity index (χ3n) is 2.72. The second kappa shape index (κ2) is 13.6. The van der Waals surface area contributed by atoms with Gasteiger partial charge in [-0.1, -0.05) is 6.92 Å². The minimum absolute atomic E-state index is 0.0244. The average Bonchev–Trinajstić information content (AvgIpc) is 2.83. The van der Waals surface area contributed by atoms with Crippen LogP contribution in [-0.2, 0) is 19.1 Å². The summed E-state index contributed by atoms with van der Waals surface area (Å²) in [5.74, 6) is -0.0351. The molecule has 0 aromatic carbocycles. The summed E-state index contributed by atoms with van der Waals surface area (Å²) in [4.78, 5) is 34.1. The van der Waals surface area contributed by atoms with Gasteiger partial charge in [0.2, 0.25) is 11.8 Å². The van der Waals surface area contributed by atoms with Crippen LogP contribution in [0.15, 0.2) is 12.2 Å². The van der Waals surface area contributed by atoms with Crippen LogP contribution in [0.2, 0.25) is 0 Å². The van der Waals surface area contributed by atoms with E-state index in [9.17, 15) is 14.4 Å². The number of carbonyl (C=O) groups is 3. The molecule has 0 spiro atoms. The Morgan fingerprint density at radius 2 is 1.91 bits per heavy atom. The third-order valence-corrected chi connectivity index (χ3v) is 2.72. The maximum Gasteiger partial charge on any atom is 0.302 e. The van der Waals surface area contributed by atoms with E-state index in [-0.39, 0.29) is 18.5 Å². The van der Waals surface area contributed by atoms with Gasteiger partial charge in [0.05, 0.1) is 13.7 Å². The molecule has 1 aliphatic heterocycles. The van der Waals surface area contributed by atoms with Crippen molar-refractivity contribution in [3.8, 4) is 0 Å². The molecule has 1 rings (SSSR count). The second-order valence-corrected chi connectivity index (χ2v) is 5.03. The van der Waals surface area contributed by atoms with Crippen molar-refractivity contribution in [3.05, 3.63) is 18.7 Å². The van der Waals surface area contributed by atoms with Gasteiger partial charge in [-0.25, -0.2) is 12.2 Å². The smallest absolute Gasteiger partial charge is 0.302 e. The van der Waals surface area contributed by atoms with Crippen molar-refractivity contribution in [3.63, 3.8) is 0 Å². The van der Waals surface area contributed by atoms with Gasteiger partial charge < -0.3 is 19.6 Å². The largest absolute Gasteiger partial charge is 0.469 e. The van der Waals surface area contributed by atoms with E-state index in [1.54, 1.807) is 18.4 Å². The molecule has 0 saturated carbocycles. The fourth-order valence-corrected chi connectivity index (χ4v) is 1.47. The Balaban J connectivity index is 0. The second-order valence-electron chi connectivity index (χ2n) is 5.03. The van der Waals surface area contributed by atoms with Crippen molar-refractivity contribution >= 4 is 17.8 Å². The van der Waals surface area contributed by atoms with Crippen LogP contribution < -0.4 is 0 Å². The predicted octanol–water partition coefficient (Wildman–Crippen LogP) is 0.983. The quantitative estimate of drug-likeness (QED) is 0.614. The van der Waals surface area contributed by atoms with Crippen LogP contribution in [0.3, 0.4) is 0 Å². The Bertz CT molecular complexity index is 396. The SMILES string of the molecule is C=C(C)[CH-]N(CCO)C(C)=O.CN1CCCC1=O.COC(C)=O. The first-order valence-electron chi connectivity index (χ1n) is 7.32. The zero-order chi connectivity index (χ0) is 18.4. The van der Waals surface area contributed by atoms with Gasteiger partial charge in [-0.3, -0.25) is 14.4 Å². The Morgan fingerprint density at radius 1 is 1.39 bits per heavy atom. The van der Waals surface area contributed by atoms with Crippen molar-refractivity contribution in [2.24, 2.45) is 0 Å². The molecule has 0 atom stereocenters. The molecule has 2 amide bonds. The topological polar surface area (TPSA) is 87.2 Å². The summed E-state index contributed by atoms with van der Waals surface area (Å²) >= 11 is 0. The highest BCUT2D eigenvalue weighted by atomic mass is 16.5. The number of nitrogens with zero attached hydrogens (tertiary/aromatic N) is 2. The van der Waals surface area contributed by atoms with Crippen molar-refractivity contribution in [1.82, 2.24) is 9.80 Å². The number of aliphatic hydroxyl groups excluding tert-OH is 1. The fourth-order valence-electron chi connectivity index (χ4n) is 1.47. The van der Waals surface area contributed by atoms with Crippen LogP contribution in [0.25, 0.3) is 0 Å². The normalized spacial score (nSPS) is 12.3. The molecular weight excluding hydrogens is 300 g/mol. The van der Waals surface area contributed by atoms with Crippen molar-refractivity contribution in [2.45, 2.75) is 33.6 Å². The first-order chi connectivity index (χ1) is 10.6. The highest BCUT2D eigenvalue weighted by Gasteiger charge is 2.14. The Kier molecular flexibility index (Phi) is 13.8. The van der Waals surface area contributed by atoms with E-state index in [0.29, 0.717) is 12.5 Å². The van der Waals surface area contributed by atoms with Crippen LogP contribution in [0.5, 0.6) is 0 Å². The molecular formula is C16H29N2O5-. The van der Waals surface area contributed by atoms with Gasteiger partial charge in [0.1, 0.15) is 0 Å². The standard InChI is InChI=1S/C8H14NO2.C5H9NO.C3H6O2/c1-7(2)6-9(4-5-10)8(3)11;1-6-4-2-3-5(6)7;1-3(4)5-2/h6,10H,1,4-5H2,2-3H3;2-4H2,1H3;1-2H3/q-1;;. The van der Waals surface area contributed by atoms with Crippen molar-refractivity contribution in [1.29, 1.82) is 0 Å². The van der Waals surface area contributed by atoms with E-state index in [0.717, 1.165) is 25.0 Å². The fraction of sp³-hybridized carbons (Fsp3) is 0.625. The van der Waals surface area contributed by atoms with E-state index >= 15 is 0 Å². The molecule has 0 aromatic heterocycles. The lowest BCUT2D eigenvalue weighted by Gasteiger charge is -2.26. The lowest BCUT2D eigenvalue weighted by Crippen LogP contribution is -2.29. The van der Waals surface area contributed by atoms with E-state index in [2.05, 4.69) is 11.3 Å². The molecule has 1 aliphatic rings. The molecule has 1 heterocycles. The number of hydrogen-bond donors (Lipinski definition) is 1. The van der Waals surface area contributed by atoms with E-state index in [1.165, 1.54) is 25.9 Å². The summed E-state index contributed by atoms with van der Waals surface area (Å²) in [6.45, 7) is 11.1. The maximum atomic E-state index is 10.8. The number of likely N-dealkylation sites (tertiary alicyclic amines) is 1. The number of rotatable bonds is 4. The highest BCUT2D eigenvalue weighted by molar-refractivity contribution is 5.77. The van der Waals surface area contributed by atoms with Crippen LogP contribution in [0.1, 0.15) is 33.6 Å². The minimum atomic E-state index is -0.245. The lowest BCUT2D eigenvalue weighted by molar-refractivity contribution is -0.138. The van der Waals surface area contributed by atoms with Crippen LogP contribution >= 0.6 is 0 Å². The molecule has 1 fully saturated rings.